The maximum Gasteiger partial charge on any atom is 0.228 e. The minimum Gasteiger partial charge on any atom is -0.368 e. The van der Waals surface area contributed by atoms with Gasteiger partial charge in [0, 0.05) is 51.8 Å². The lowest BCUT2D eigenvalue weighted by Gasteiger charge is -2.33. The Morgan fingerprint density at radius 3 is 2.67 bits per heavy atom. The van der Waals surface area contributed by atoms with E-state index >= 15 is 0 Å². The molecule has 3 rings (SSSR count). The Labute approximate surface area is 147 Å². The van der Waals surface area contributed by atoms with Gasteiger partial charge in [0.2, 0.25) is 5.91 Å². The van der Waals surface area contributed by atoms with Crippen molar-refractivity contribution in [3.05, 3.63) is 18.3 Å². The molecule has 1 aromatic heterocycles. The molecule has 2 saturated heterocycles. The molecule has 0 saturated carbocycles. The molecule has 1 aromatic rings. The van der Waals surface area contributed by atoms with Crippen LogP contribution in [-0.4, -0.2) is 66.4 Å². The molecule has 130 valence electrons. The molecule has 0 aliphatic carbocycles. The van der Waals surface area contributed by atoms with Gasteiger partial charge in [-0.2, -0.15) is 0 Å². The highest BCUT2D eigenvalue weighted by Crippen LogP contribution is 2.27. The largest absolute Gasteiger partial charge is 0.368 e. The highest BCUT2D eigenvalue weighted by atomic mass is 32.2. The van der Waals surface area contributed by atoms with E-state index in [0.717, 1.165) is 31.9 Å². The average molecular weight is 348 g/mol. The summed E-state index contributed by atoms with van der Waals surface area (Å²) in [5, 5.41) is 0.107. The zero-order valence-corrected chi connectivity index (χ0v) is 15.1. The van der Waals surface area contributed by atoms with E-state index in [1.165, 1.54) is 11.8 Å². The quantitative estimate of drug-likeness (QED) is 0.821. The Morgan fingerprint density at radius 2 is 2.04 bits per heavy atom. The molecule has 2 fully saturated rings. The van der Waals surface area contributed by atoms with Crippen molar-refractivity contribution in [2.24, 2.45) is 5.92 Å². The second-order valence-corrected chi connectivity index (χ2v) is 7.74. The number of anilines is 2. The van der Waals surface area contributed by atoms with E-state index in [2.05, 4.69) is 27.9 Å². The predicted molar refractivity (Wildman–Crippen MR) is 97.5 cm³/mol. The second kappa shape index (κ2) is 7.53. The number of piperazine rings is 1. The first-order valence-electron chi connectivity index (χ1n) is 8.36. The van der Waals surface area contributed by atoms with Crippen LogP contribution in [0.25, 0.3) is 0 Å². The normalized spacial score (nSPS) is 22.2. The standard InChI is InChI=1S/C17H24N4O2S/c1-13(22)24-12-14-9-17(23)21(11-14)16-4-3-15(10-18-16)20-7-5-19(2)6-8-20/h3-4,10,14H,5-9,11-12H2,1-2H3. The minimum absolute atomic E-state index is 0.101. The van der Waals surface area contributed by atoms with Crippen LogP contribution in [0.2, 0.25) is 0 Å². The maximum absolute atomic E-state index is 12.2. The van der Waals surface area contributed by atoms with Crippen LogP contribution in [-0.2, 0) is 9.59 Å². The molecule has 1 unspecified atom stereocenters. The fourth-order valence-electron chi connectivity index (χ4n) is 3.14. The molecule has 1 amide bonds. The Kier molecular flexibility index (Phi) is 5.40. The summed E-state index contributed by atoms with van der Waals surface area (Å²) in [5.74, 6) is 1.75. The molecule has 2 aliphatic rings. The highest BCUT2D eigenvalue weighted by Gasteiger charge is 2.31. The molecule has 0 radical (unpaired) electrons. The number of carbonyl (C=O) groups is 2. The van der Waals surface area contributed by atoms with Gasteiger partial charge < -0.3 is 9.80 Å². The van der Waals surface area contributed by atoms with Crippen LogP contribution in [0.3, 0.4) is 0 Å². The van der Waals surface area contributed by atoms with Gasteiger partial charge in [0.1, 0.15) is 5.82 Å². The molecule has 24 heavy (non-hydrogen) atoms. The molecule has 2 aliphatic heterocycles. The zero-order chi connectivity index (χ0) is 17.1. The van der Waals surface area contributed by atoms with Gasteiger partial charge >= 0.3 is 0 Å². The number of aromatic nitrogens is 1. The van der Waals surface area contributed by atoms with E-state index in [-0.39, 0.29) is 16.9 Å². The van der Waals surface area contributed by atoms with Gasteiger partial charge in [-0.25, -0.2) is 4.98 Å². The van der Waals surface area contributed by atoms with E-state index in [1.54, 1.807) is 11.8 Å². The first kappa shape index (κ1) is 17.2. The topological polar surface area (TPSA) is 56.8 Å². The summed E-state index contributed by atoms with van der Waals surface area (Å²) in [6, 6.07) is 3.99. The minimum atomic E-state index is 0.101. The second-order valence-electron chi connectivity index (χ2n) is 6.54. The number of likely N-dealkylation sites (N-methyl/N-ethyl adjacent to an activating group) is 1. The number of hydrogen-bond acceptors (Lipinski definition) is 6. The molecule has 3 heterocycles. The Hall–Kier alpha value is -1.60. The van der Waals surface area contributed by atoms with Gasteiger partial charge in [0.05, 0.1) is 11.9 Å². The highest BCUT2D eigenvalue weighted by molar-refractivity contribution is 8.13. The van der Waals surface area contributed by atoms with Gasteiger partial charge in [0.25, 0.3) is 0 Å². The first-order chi connectivity index (χ1) is 11.5. The molecular formula is C17H24N4O2S. The van der Waals surface area contributed by atoms with Gasteiger partial charge in [-0.1, -0.05) is 11.8 Å². The summed E-state index contributed by atoms with van der Waals surface area (Å²) in [6.45, 7) is 6.34. The van der Waals surface area contributed by atoms with Gasteiger partial charge in [-0.05, 0) is 25.1 Å². The number of pyridine rings is 1. The molecule has 7 heteroatoms. The Bertz CT molecular complexity index is 599. The van der Waals surface area contributed by atoms with E-state index in [1.807, 2.05) is 12.3 Å². The van der Waals surface area contributed by atoms with Crippen LogP contribution >= 0.6 is 11.8 Å². The number of nitrogens with zero attached hydrogens (tertiary/aromatic N) is 4. The monoisotopic (exact) mass is 348 g/mol. The Morgan fingerprint density at radius 1 is 1.29 bits per heavy atom. The first-order valence-corrected chi connectivity index (χ1v) is 9.35. The van der Waals surface area contributed by atoms with E-state index < -0.39 is 0 Å². The molecular weight excluding hydrogens is 324 g/mol. The van der Waals surface area contributed by atoms with Crippen molar-refractivity contribution in [3.8, 4) is 0 Å². The molecule has 0 spiro atoms. The maximum atomic E-state index is 12.2. The summed E-state index contributed by atoms with van der Waals surface area (Å²) in [7, 11) is 2.14. The van der Waals surface area contributed by atoms with Crippen molar-refractivity contribution >= 4 is 34.3 Å². The summed E-state index contributed by atoms with van der Waals surface area (Å²) >= 11 is 1.30. The van der Waals surface area contributed by atoms with E-state index in [9.17, 15) is 9.59 Å². The molecule has 6 nitrogen and oxygen atoms in total. The van der Waals surface area contributed by atoms with Crippen molar-refractivity contribution in [2.45, 2.75) is 13.3 Å². The lowest BCUT2D eigenvalue weighted by Crippen LogP contribution is -2.44. The number of hydrogen-bond donors (Lipinski definition) is 0. The zero-order valence-electron chi connectivity index (χ0n) is 14.3. The SMILES string of the molecule is CC(=O)SCC1CC(=O)N(c2ccc(N3CCN(C)CC3)cn2)C1. The number of amides is 1. The van der Waals surface area contributed by atoms with Gasteiger partial charge in [-0.3, -0.25) is 14.5 Å². The molecule has 0 N–H and O–H groups in total. The number of carbonyl (C=O) groups excluding carboxylic acids is 2. The van der Waals surface area contributed by atoms with Crippen molar-refractivity contribution in [1.29, 1.82) is 0 Å². The van der Waals surface area contributed by atoms with Crippen LogP contribution in [0.1, 0.15) is 13.3 Å². The summed E-state index contributed by atoms with van der Waals surface area (Å²) in [6.07, 6.45) is 2.37. The average Bonchev–Trinajstić information content (AvgIpc) is 2.95. The van der Waals surface area contributed by atoms with Crippen molar-refractivity contribution < 1.29 is 9.59 Å². The fourth-order valence-corrected chi connectivity index (χ4v) is 3.83. The van der Waals surface area contributed by atoms with Crippen LogP contribution in [0, 0.1) is 5.92 Å². The van der Waals surface area contributed by atoms with Crippen molar-refractivity contribution in [2.75, 3.05) is 55.3 Å². The predicted octanol–water partition coefficient (Wildman–Crippen LogP) is 1.47. The van der Waals surface area contributed by atoms with Crippen LogP contribution < -0.4 is 9.80 Å². The molecule has 1 atom stereocenters. The van der Waals surface area contributed by atoms with Gasteiger partial charge in [-0.15, -0.1) is 0 Å². The third kappa shape index (κ3) is 4.08. The molecule has 0 bridgehead atoms. The van der Waals surface area contributed by atoms with E-state index in [0.29, 0.717) is 24.5 Å². The van der Waals surface area contributed by atoms with Crippen molar-refractivity contribution in [3.63, 3.8) is 0 Å². The number of rotatable bonds is 4. The van der Waals surface area contributed by atoms with Crippen LogP contribution in [0.4, 0.5) is 11.5 Å². The third-order valence-corrected chi connectivity index (χ3v) is 5.65. The Balaban J connectivity index is 1.61. The lowest BCUT2D eigenvalue weighted by molar-refractivity contribution is -0.117. The third-order valence-electron chi connectivity index (χ3n) is 4.60. The van der Waals surface area contributed by atoms with Crippen molar-refractivity contribution in [1.82, 2.24) is 9.88 Å². The summed E-state index contributed by atoms with van der Waals surface area (Å²) < 4.78 is 0. The van der Waals surface area contributed by atoms with Gasteiger partial charge in [0.15, 0.2) is 5.12 Å². The number of thioether (sulfide) groups is 1. The molecule has 0 aromatic carbocycles. The fraction of sp³-hybridized carbons (Fsp3) is 0.588. The smallest absolute Gasteiger partial charge is 0.228 e. The van der Waals surface area contributed by atoms with E-state index in [4.69, 9.17) is 0 Å². The summed E-state index contributed by atoms with van der Waals surface area (Å²) in [4.78, 5) is 34.2. The van der Waals surface area contributed by atoms with Crippen LogP contribution in [0.15, 0.2) is 18.3 Å². The lowest BCUT2D eigenvalue weighted by atomic mass is 10.1. The van der Waals surface area contributed by atoms with Crippen LogP contribution in [0.5, 0.6) is 0 Å². The summed E-state index contributed by atoms with van der Waals surface area (Å²) in [5.41, 5.74) is 1.11.